The van der Waals surface area contributed by atoms with Crippen LogP contribution in [-0.2, 0) is 0 Å². The third kappa shape index (κ3) is 2.97. The molecular formula is C15H19ClN2O2. The molecule has 1 aromatic carbocycles. The summed E-state index contributed by atoms with van der Waals surface area (Å²) in [6.45, 7) is 3.97. The summed E-state index contributed by atoms with van der Waals surface area (Å²) in [4.78, 5) is 12.3. The smallest absolute Gasteiger partial charge is 0.287 e. The van der Waals surface area contributed by atoms with Crippen LogP contribution in [0.5, 0.6) is 0 Å². The monoisotopic (exact) mass is 294 g/mol. The van der Waals surface area contributed by atoms with E-state index in [4.69, 9.17) is 4.42 Å². The summed E-state index contributed by atoms with van der Waals surface area (Å²) in [7, 11) is 0. The largest absolute Gasteiger partial charge is 0.451 e. The van der Waals surface area contributed by atoms with Crippen LogP contribution in [0, 0.1) is 0 Å². The molecule has 2 aromatic rings. The molecule has 0 radical (unpaired) electrons. The highest BCUT2D eigenvalue weighted by Crippen LogP contribution is 2.21. The number of rotatable bonds is 2. The van der Waals surface area contributed by atoms with Crippen molar-refractivity contribution in [2.45, 2.75) is 25.3 Å². The summed E-state index contributed by atoms with van der Waals surface area (Å²) < 4.78 is 5.59. The van der Waals surface area contributed by atoms with Crippen molar-refractivity contribution in [1.29, 1.82) is 0 Å². The molecule has 0 saturated carbocycles. The lowest BCUT2D eigenvalue weighted by Gasteiger charge is -2.34. The fourth-order valence-electron chi connectivity index (χ4n) is 2.53. The quantitative estimate of drug-likeness (QED) is 0.895. The van der Waals surface area contributed by atoms with E-state index in [1.807, 2.05) is 24.3 Å². The lowest BCUT2D eigenvalue weighted by molar-refractivity contribution is 0.0861. The number of benzene rings is 1. The standard InChI is InChI=1S/C15H18N2O2.ClH/c1-15(6-8-16-9-7-15)17-14(18)13-10-11-4-2-3-5-12(11)19-13;/h2-5,10,16H,6-9H2,1H3,(H,17,18);1H. The second kappa shape index (κ2) is 5.85. The van der Waals surface area contributed by atoms with Gasteiger partial charge in [0, 0.05) is 10.9 Å². The van der Waals surface area contributed by atoms with Gasteiger partial charge in [-0.2, -0.15) is 0 Å². The summed E-state index contributed by atoms with van der Waals surface area (Å²) >= 11 is 0. The first-order valence-corrected chi connectivity index (χ1v) is 6.68. The first-order valence-electron chi connectivity index (χ1n) is 6.68. The molecule has 5 heteroatoms. The number of hydrogen-bond acceptors (Lipinski definition) is 3. The Labute approximate surface area is 124 Å². The first kappa shape index (κ1) is 14.9. The number of piperidine rings is 1. The number of carbonyl (C=O) groups excluding carboxylic acids is 1. The third-order valence-electron chi connectivity index (χ3n) is 3.77. The summed E-state index contributed by atoms with van der Waals surface area (Å²) in [6, 6.07) is 9.46. The Morgan fingerprint density at radius 2 is 2.00 bits per heavy atom. The minimum absolute atomic E-state index is 0. The molecule has 0 atom stereocenters. The molecule has 0 bridgehead atoms. The highest BCUT2D eigenvalue weighted by atomic mass is 35.5. The van der Waals surface area contributed by atoms with E-state index in [1.54, 1.807) is 6.07 Å². The van der Waals surface area contributed by atoms with Crippen LogP contribution in [0.15, 0.2) is 34.7 Å². The van der Waals surface area contributed by atoms with Gasteiger partial charge in [0.2, 0.25) is 0 Å². The molecular weight excluding hydrogens is 276 g/mol. The highest BCUT2D eigenvalue weighted by molar-refractivity contribution is 5.96. The molecule has 1 aromatic heterocycles. The molecule has 1 aliphatic rings. The van der Waals surface area contributed by atoms with Gasteiger partial charge >= 0.3 is 0 Å². The number of hydrogen-bond donors (Lipinski definition) is 2. The number of halogens is 1. The SMILES string of the molecule is CC1(NC(=O)c2cc3ccccc3o2)CCNCC1.Cl. The second-order valence-electron chi connectivity index (χ2n) is 5.41. The van der Waals surface area contributed by atoms with Gasteiger partial charge in [0.1, 0.15) is 5.58 Å². The summed E-state index contributed by atoms with van der Waals surface area (Å²) in [5, 5.41) is 7.36. The fraction of sp³-hybridized carbons (Fsp3) is 0.400. The van der Waals surface area contributed by atoms with E-state index in [2.05, 4.69) is 17.6 Å². The summed E-state index contributed by atoms with van der Waals surface area (Å²) in [5.41, 5.74) is 0.615. The number of carbonyl (C=O) groups is 1. The van der Waals surface area contributed by atoms with E-state index < -0.39 is 0 Å². The van der Waals surface area contributed by atoms with Crippen molar-refractivity contribution in [3.63, 3.8) is 0 Å². The van der Waals surface area contributed by atoms with Crippen molar-refractivity contribution in [1.82, 2.24) is 10.6 Å². The highest BCUT2D eigenvalue weighted by Gasteiger charge is 2.29. The molecule has 1 aliphatic heterocycles. The Balaban J connectivity index is 0.00000147. The van der Waals surface area contributed by atoms with Gasteiger partial charge in [-0.15, -0.1) is 12.4 Å². The first-order chi connectivity index (χ1) is 9.16. The fourth-order valence-corrected chi connectivity index (χ4v) is 2.53. The van der Waals surface area contributed by atoms with Crippen LogP contribution in [0.25, 0.3) is 11.0 Å². The maximum atomic E-state index is 12.3. The Morgan fingerprint density at radius 3 is 2.70 bits per heavy atom. The predicted molar refractivity (Wildman–Crippen MR) is 81.4 cm³/mol. The Hall–Kier alpha value is -1.52. The third-order valence-corrected chi connectivity index (χ3v) is 3.77. The van der Waals surface area contributed by atoms with Crippen molar-refractivity contribution >= 4 is 29.3 Å². The van der Waals surface area contributed by atoms with E-state index in [1.165, 1.54) is 0 Å². The number of amides is 1. The number of furan rings is 1. The van der Waals surface area contributed by atoms with Crippen LogP contribution in [0.3, 0.4) is 0 Å². The van der Waals surface area contributed by atoms with Gasteiger partial charge in [-0.25, -0.2) is 0 Å². The Bertz CT molecular complexity index is 570. The van der Waals surface area contributed by atoms with Crippen molar-refractivity contribution < 1.29 is 9.21 Å². The normalized spacial score (nSPS) is 17.4. The molecule has 0 aliphatic carbocycles. The topological polar surface area (TPSA) is 54.3 Å². The van der Waals surface area contributed by atoms with Crippen LogP contribution >= 0.6 is 12.4 Å². The molecule has 20 heavy (non-hydrogen) atoms. The van der Waals surface area contributed by atoms with Crippen LogP contribution in [0.1, 0.15) is 30.3 Å². The zero-order valence-electron chi connectivity index (χ0n) is 11.4. The Morgan fingerprint density at radius 1 is 1.30 bits per heavy atom. The molecule has 0 unspecified atom stereocenters. The van der Waals surface area contributed by atoms with Crippen molar-refractivity contribution in [2.75, 3.05) is 13.1 Å². The van der Waals surface area contributed by atoms with Gasteiger partial charge < -0.3 is 15.1 Å². The molecule has 1 fully saturated rings. The molecule has 1 amide bonds. The predicted octanol–water partition coefficient (Wildman–Crippen LogP) is 2.73. The summed E-state index contributed by atoms with van der Waals surface area (Å²) in [5.74, 6) is 0.265. The molecule has 108 valence electrons. The van der Waals surface area contributed by atoms with Crippen molar-refractivity contribution in [3.8, 4) is 0 Å². The van der Waals surface area contributed by atoms with E-state index in [0.29, 0.717) is 5.76 Å². The van der Waals surface area contributed by atoms with Crippen LogP contribution < -0.4 is 10.6 Å². The lowest BCUT2D eigenvalue weighted by Crippen LogP contribution is -2.52. The van der Waals surface area contributed by atoms with Gasteiger partial charge in [-0.3, -0.25) is 4.79 Å². The molecule has 1 saturated heterocycles. The number of para-hydroxylation sites is 1. The number of fused-ring (bicyclic) bond motifs is 1. The van der Waals surface area contributed by atoms with Gasteiger partial charge in [-0.05, 0) is 45.0 Å². The maximum absolute atomic E-state index is 12.3. The van der Waals surface area contributed by atoms with Gasteiger partial charge in [0.15, 0.2) is 5.76 Å². The van der Waals surface area contributed by atoms with Gasteiger partial charge in [0.25, 0.3) is 5.91 Å². The average molecular weight is 295 g/mol. The minimum atomic E-state index is -0.138. The molecule has 0 spiro atoms. The minimum Gasteiger partial charge on any atom is -0.451 e. The molecule has 2 N–H and O–H groups in total. The number of nitrogens with one attached hydrogen (secondary N) is 2. The van der Waals surface area contributed by atoms with Crippen molar-refractivity contribution in [2.24, 2.45) is 0 Å². The van der Waals surface area contributed by atoms with Crippen LogP contribution in [-0.4, -0.2) is 24.5 Å². The molecule has 4 nitrogen and oxygen atoms in total. The lowest BCUT2D eigenvalue weighted by atomic mass is 9.90. The zero-order chi connectivity index (χ0) is 13.3. The van der Waals surface area contributed by atoms with Crippen LogP contribution in [0.2, 0.25) is 0 Å². The van der Waals surface area contributed by atoms with E-state index in [9.17, 15) is 4.79 Å². The van der Waals surface area contributed by atoms with Crippen LogP contribution in [0.4, 0.5) is 0 Å². The zero-order valence-corrected chi connectivity index (χ0v) is 12.3. The molecule has 3 rings (SSSR count). The second-order valence-corrected chi connectivity index (χ2v) is 5.41. The summed E-state index contributed by atoms with van der Waals surface area (Å²) in [6.07, 6.45) is 1.89. The van der Waals surface area contributed by atoms with E-state index >= 15 is 0 Å². The average Bonchev–Trinajstić information content (AvgIpc) is 2.83. The van der Waals surface area contributed by atoms with Gasteiger partial charge in [0.05, 0.1) is 0 Å². The van der Waals surface area contributed by atoms with E-state index in [0.717, 1.165) is 36.9 Å². The van der Waals surface area contributed by atoms with E-state index in [-0.39, 0.29) is 23.9 Å². The Kier molecular flexibility index (Phi) is 4.35. The van der Waals surface area contributed by atoms with Gasteiger partial charge in [-0.1, -0.05) is 18.2 Å². The molecule has 2 heterocycles. The maximum Gasteiger partial charge on any atom is 0.287 e. The van der Waals surface area contributed by atoms with Crippen molar-refractivity contribution in [3.05, 3.63) is 36.1 Å².